The largest absolute Gasteiger partial charge is 0.604 e. The standard InChI is InChI=1S/C10H18N4O3.Ac/c1-8(13-16-3)9(12-11-2)10(15)14-4-6-17-7-5-14;/h4-7H2,1-3H3,(H,11,13,15);/p-1. The molecule has 0 spiro atoms. The van der Waals surface area contributed by atoms with Gasteiger partial charge in [-0.15, -0.1) is 7.05 Å². The van der Waals surface area contributed by atoms with Crippen LogP contribution in [0.2, 0.25) is 0 Å². The molecule has 7 nitrogen and oxygen atoms in total. The molecule has 0 aliphatic carbocycles. The molecule has 0 saturated carbocycles. The van der Waals surface area contributed by atoms with E-state index < -0.39 is 0 Å². The van der Waals surface area contributed by atoms with Gasteiger partial charge in [0, 0.05) is 57.2 Å². The Hall–Kier alpha value is -0.188. The zero-order valence-electron chi connectivity index (χ0n) is 10.9. The van der Waals surface area contributed by atoms with E-state index >= 15 is 0 Å². The maximum Gasteiger partial charge on any atom is 0.272 e. The Morgan fingerprint density at radius 3 is 2.50 bits per heavy atom. The summed E-state index contributed by atoms with van der Waals surface area (Å²) in [5.41, 5.74) is 4.24. The Balaban J connectivity index is 0.00000289. The molecule has 8 heteroatoms. The van der Waals surface area contributed by atoms with E-state index in [0.29, 0.717) is 32.0 Å². The van der Waals surface area contributed by atoms with E-state index in [4.69, 9.17) is 4.74 Å². The molecular formula is C10H17AcN4O3-. The number of rotatable bonds is 4. The fourth-order valence-electron chi connectivity index (χ4n) is 1.47. The van der Waals surface area contributed by atoms with Crippen LogP contribution in [-0.4, -0.2) is 62.7 Å². The minimum atomic E-state index is -0.197. The summed E-state index contributed by atoms with van der Waals surface area (Å²) in [5, 5.41) is 7.52. The van der Waals surface area contributed by atoms with Gasteiger partial charge >= 0.3 is 0 Å². The van der Waals surface area contributed by atoms with Crippen molar-refractivity contribution in [3.05, 3.63) is 5.43 Å². The van der Waals surface area contributed by atoms with E-state index in [9.17, 15) is 4.79 Å². The average Bonchev–Trinajstić information content (AvgIpc) is 2.36. The summed E-state index contributed by atoms with van der Waals surface area (Å²) in [6, 6.07) is 0. The molecule has 0 unspecified atom stereocenters. The quantitative estimate of drug-likeness (QED) is 0.438. The van der Waals surface area contributed by atoms with Gasteiger partial charge in [0.25, 0.3) is 5.91 Å². The van der Waals surface area contributed by atoms with Crippen molar-refractivity contribution in [1.29, 1.82) is 0 Å². The van der Waals surface area contributed by atoms with E-state index in [1.54, 1.807) is 11.8 Å². The van der Waals surface area contributed by atoms with Gasteiger partial charge in [-0.25, -0.2) is 0 Å². The molecule has 1 saturated heterocycles. The smallest absolute Gasteiger partial charge is 0.272 e. The van der Waals surface area contributed by atoms with Crippen LogP contribution < -0.4 is 0 Å². The van der Waals surface area contributed by atoms with E-state index in [-0.39, 0.29) is 55.7 Å². The van der Waals surface area contributed by atoms with Crippen LogP contribution in [0.4, 0.5) is 0 Å². The molecule has 0 bridgehead atoms. The van der Waals surface area contributed by atoms with Crippen molar-refractivity contribution in [2.24, 2.45) is 10.3 Å². The van der Waals surface area contributed by atoms with Crippen molar-refractivity contribution in [2.45, 2.75) is 6.92 Å². The topological polar surface area (TPSA) is 77.6 Å². The van der Waals surface area contributed by atoms with Gasteiger partial charge in [-0.3, -0.25) is 4.79 Å². The van der Waals surface area contributed by atoms with E-state index in [1.807, 2.05) is 0 Å². The second kappa shape index (κ2) is 9.70. The minimum absolute atomic E-state index is 0. The molecule has 1 amide bonds. The molecule has 0 aromatic heterocycles. The number of carbonyl (C=O) groups is 1. The summed E-state index contributed by atoms with van der Waals surface area (Å²) in [7, 11) is 2.93. The fourth-order valence-corrected chi connectivity index (χ4v) is 1.47. The second-order valence-corrected chi connectivity index (χ2v) is 3.41. The molecule has 18 heavy (non-hydrogen) atoms. The fraction of sp³-hybridized carbons (Fsp3) is 0.700. The van der Waals surface area contributed by atoms with Gasteiger partial charge in [0.2, 0.25) is 0 Å². The number of hydrogen-bond acceptors (Lipinski definition) is 5. The number of morpholine rings is 1. The van der Waals surface area contributed by atoms with Crippen LogP contribution in [-0.2, 0) is 14.4 Å². The molecule has 1 aliphatic heterocycles. The van der Waals surface area contributed by atoms with Crippen molar-refractivity contribution in [3.8, 4) is 0 Å². The van der Waals surface area contributed by atoms with Crippen molar-refractivity contribution in [2.75, 3.05) is 40.5 Å². The molecule has 1 rings (SSSR count). The SMILES string of the molecule is C[N-]/N=C(C(=O)N1CCOCC1)\C(C)=N\OC.[Ac]. The third-order valence-corrected chi connectivity index (χ3v) is 2.27. The number of hydrogen-bond donors (Lipinski definition) is 0. The van der Waals surface area contributed by atoms with Crippen LogP contribution in [0, 0.1) is 44.1 Å². The second-order valence-electron chi connectivity index (χ2n) is 3.41. The monoisotopic (exact) mass is 468 g/mol. The van der Waals surface area contributed by atoms with Crippen molar-refractivity contribution in [3.63, 3.8) is 0 Å². The number of nitrogens with zero attached hydrogens (tertiary/aromatic N) is 4. The molecule has 0 atom stereocenters. The van der Waals surface area contributed by atoms with Gasteiger partial charge in [-0.05, 0) is 6.92 Å². The first-order valence-corrected chi connectivity index (χ1v) is 5.32. The van der Waals surface area contributed by atoms with Crippen LogP contribution in [0.15, 0.2) is 10.3 Å². The van der Waals surface area contributed by atoms with Crippen LogP contribution in [0.1, 0.15) is 6.92 Å². The molecule has 1 fully saturated rings. The zero-order chi connectivity index (χ0) is 12.7. The predicted molar refractivity (Wildman–Crippen MR) is 64.2 cm³/mol. The van der Waals surface area contributed by atoms with E-state index in [1.165, 1.54) is 14.2 Å². The summed E-state index contributed by atoms with van der Waals surface area (Å²) in [5.74, 6) is -0.197. The Labute approximate surface area is 142 Å². The van der Waals surface area contributed by atoms with Gasteiger partial charge in [-0.2, -0.15) is 0 Å². The molecule has 1 heterocycles. The zero-order valence-corrected chi connectivity index (χ0v) is 15.7. The van der Waals surface area contributed by atoms with Crippen LogP contribution >= 0.6 is 0 Å². The van der Waals surface area contributed by atoms with Crippen molar-refractivity contribution in [1.82, 2.24) is 4.90 Å². The first-order valence-electron chi connectivity index (χ1n) is 5.32. The Morgan fingerprint density at radius 1 is 1.39 bits per heavy atom. The summed E-state index contributed by atoms with van der Waals surface area (Å²) in [6.07, 6.45) is 0. The number of amides is 1. The van der Waals surface area contributed by atoms with Crippen LogP contribution in [0.25, 0.3) is 5.43 Å². The summed E-state index contributed by atoms with van der Waals surface area (Å²) < 4.78 is 5.19. The third kappa shape index (κ3) is 5.21. The third-order valence-electron chi connectivity index (χ3n) is 2.27. The summed E-state index contributed by atoms with van der Waals surface area (Å²) in [4.78, 5) is 18.5. The summed E-state index contributed by atoms with van der Waals surface area (Å²) >= 11 is 0. The Kier molecular flexibility index (Phi) is 9.60. The Bertz CT molecular complexity index is 327. The average molecular weight is 468 g/mol. The molecule has 1 radical (unpaired) electrons. The number of ether oxygens (including phenoxy) is 1. The first-order chi connectivity index (χ1) is 8.20. The normalized spacial score (nSPS) is 16.9. The van der Waals surface area contributed by atoms with Gasteiger partial charge in [0.15, 0.2) is 0 Å². The van der Waals surface area contributed by atoms with E-state index in [0.717, 1.165) is 0 Å². The first kappa shape index (κ1) is 17.8. The summed E-state index contributed by atoms with van der Waals surface area (Å²) in [6.45, 7) is 3.86. The van der Waals surface area contributed by atoms with Gasteiger partial charge in [-0.1, -0.05) is 5.16 Å². The number of carbonyl (C=O) groups excluding carboxylic acids is 1. The van der Waals surface area contributed by atoms with Crippen molar-refractivity contribution < 1.29 is 58.4 Å². The van der Waals surface area contributed by atoms with Crippen LogP contribution in [0.3, 0.4) is 0 Å². The van der Waals surface area contributed by atoms with Crippen LogP contribution in [0.5, 0.6) is 0 Å². The molecule has 99 valence electrons. The Morgan fingerprint density at radius 2 is 2.00 bits per heavy atom. The molecular weight excluding hydrogens is 451 g/mol. The number of oxime groups is 1. The predicted octanol–water partition coefficient (Wildman–Crippen LogP) is 0.227. The molecule has 0 N–H and O–H groups in total. The van der Waals surface area contributed by atoms with Crippen molar-refractivity contribution >= 4 is 17.3 Å². The van der Waals surface area contributed by atoms with E-state index in [2.05, 4.69) is 20.5 Å². The van der Waals surface area contributed by atoms with Gasteiger partial charge in [0.1, 0.15) is 18.5 Å². The molecule has 0 aromatic carbocycles. The molecule has 0 aromatic rings. The molecule has 1 aliphatic rings. The van der Waals surface area contributed by atoms with Gasteiger partial charge in [0.05, 0.1) is 13.2 Å². The van der Waals surface area contributed by atoms with Gasteiger partial charge < -0.3 is 25.0 Å². The minimum Gasteiger partial charge on any atom is -0.604 e. The maximum atomic E-state index is 12.1. The maximum absolute atomic E-state index is 12.1.